The summed E-state index contributed by atoms with van der Waals surface area (Å²) >= 11 is 0. The van der Waals surface area contributed by atoms with E-state index in [1.807, 2.05) is 6.92 Å². The number of carbonyl (C=O) groups is 1. The van der Waals surface area contributed by atoms with Crippen LogP contribution in [0.25, 0.3) is 0 Å². The van der Waals surface area contributed by atoms with Crippen molar-refractivity contribution >= 4 is 36.0 Å². The fourth-order valence-corrected chi connectivity index (χ4v) is 3.54. The topological polar surface area (TPSA) is 72.4 Å². The van der Waals surface area contributed by atoms with Crippen molar-refractivity contribution in [3.05, 3.63) is 0 Å². The van der Waals surface area contributed by atoms with Crippen LogP contribution in [-0.2, 0) is 4.74 Å². The molecule has 2 fully saturated rings. The zero-order valence-electron chi connectivity index (χ0n) is 17.9. The second-order valence-corrected chi connectivity index (χ2v) is 7.51. The molecule has 2 heterocycles. The van der Waals surface area contributed by atoms with E-state index in [1.54, 1.807) is 4.90 Å². The Kier molecular flexibility index (Phi) is 12.1. The monoisotopic (exact) mass is 510 g/mol. The predicted molar refractivity (Wildman–Crippen MR) is 125 cm³/mol. The van der Waals surface area contributed by atoms with Crippen molar-refractivity contribution in [1.82, 2.24) is 25.3 Å². The number of nitrogens with one attached hydrogen (secondary N) is 2. The van der Waals surface area contributed by atoms with Gasteiger partial charge in [-0.25, -0.2) is 4.79 Å². The molecule has 2 aliphatic heterocycles. The highest BCUT2D eigenvalue weighted by atomic mass is 127. The van der Waals surface area contributed by atoms with Crippen LogP contribution < -0.4 is 10.6 Å². The van der Waals surface area contributed by atoms with Crippen molar-refractivity contribution in [3.8, 4) is 0 Å². The zero-order valence-corrected chi connectivity index (χ0v) is 20.3. The lowest BCUT2D eigenvalue weighted by molar-refractivity contribution is 0.0963. The summed E-state index contributed by atoms with van der Waals surface area (Å²) in [5.41, 5.74) is 0. The Morgan fingerprint density at radius 1 is 1.14 bits per heavy atom. The number of rotatable bonds is 6. The molecule has 0 aliphatic carbocycles. The molecule has 1 unspecified atom stereocenters. The molecule has 9 heteroatoms. The average Bonchev–Trinajstić information content (AvgIpc) is 2.67. The highest BCUT2D eigenvalue weighted by Crippen LogP contribution is 2.11. The number of hydrogen-bond acceptors (Lipinski definition) is 5. The van der Waals surface area contributed by atoms with Crippen LogP contribution in [0.3, 0.4) is 0 Å². The van der Waals surface area contributed by atoms with Gasteiger partial charge in [-0.05, 0) is 40.7 Å². The molecule has 0 aromatic carbocycles. The van der Waals surface area contributed by atoms with E-state index in [4.69, 9.17) is 9.73 Å². The minimum atomic E-state index is -0.197. The minimum absolute atomic E-state index is 0. The fraction of sp³-hybridized carbons (Fsp3) is 0.895. The van der Waals surface area contributed by atoms with E-state index < -0.39 is 0 Å². The largest absolute Gasteiger partial charge is 0.450 e. The van der Waals surface area contributed by atoms with Crippen molar-refractivity contribution in [2.45, 2.75) is 45.7 Å². The number of nitrogens with zero attached hydrogens (tertiary/aromatic N) is 4. The summed E-state index contributed by atoms with van der Waals surface area (Å²) in [6, 6.07) is 0.784. The summed E-state index contributed by atoms with van der Waals surface area (Å²) in [7, 11) is 2.18. The lowest BCUT2D eigenvalue weighted by Gasteiger charge is -2.36. The molecule has 2 N–H and O–H groups in total. The Hall–Kier alpha value is -0.810. The second-order valence-electron chi connectivity index (χ2n) is 7.51. The van der Waals surface area contributed by atoms with E-state index in [0.29, 0.717) is 18.7 Å². The Balaban J connectivity index is 0.00000392. The van der Waals surface area contributed by atoms with Crippen LogP contribution in [-0.4, -0.2) is 105 Å². The first-order chi connectivity index (χ1) is 13.0. The Morgan fingerprint density at radius 2 is 1.79 bits per heavy atom. The van der Waals surface area contributed by atoms with Crippen LogP contribution in [0.1, 0.15) is 33.6 Å². The summed E-state index contributed by atoms with van der Waals surface area (Å²) in [5, 5.41) is 6.90. The maximum absolute atomic E-state index is 11.8. The van der Waals surface area contributed by atoms with E-state index in [9.17, 15) is 4.79 Å². The maximum atomic E-state index is 11.8. The first-order valence-electron chi connectivity index (χ1n) is 10.4. The normalized spacial score (nSPS) is 21.0. The third kappa shape index (κ3) is 8.28. The number of hydrogen-bond donors (Lipinski definition) is 2. The van der Waals surface area contributed by atoms with Gasteiger partial charge in [0.15, 0.2) is 5.96 Å². The number of likely N-dealkylation sites (tertiary alicyclic amines) is 1. The van der Waals surface area contributed by atoms with Gasteiger partial charge in [0.1, 0.15) is 0 Å². The fourth-order valence-electron chi connectivity index (χ4n) is 3.54. The highest BCUT2D eigenvalue weighted by Gasteiger charge is 2.24. The van der Waals surface area contributed by atoms with E-state index in [2.05, 4.69) is 41.3 Å². The summed E-state index contributed by atoms with van der Waals surface area (Å²) < 4.78 is 5.09. The van der Waals surface area contributed by atoms with Crippen molar-refractivity contribution in [2.24, 2.45) is 4.99 Å². The number of piperidine rings is 1. The van der Waals surface area contributed by atoms with Crippen molar-refractivity contribution in [3.63, 3.8) is 0 Å². The Bertz CT molecular complexity index is 477. The van der Waals surface area contributed by atoms with Crippen LogP contribution in [0, 0.1) is 0 Å². The van der Waals surface area contributed by atoms with Crippen LogP contribution in [0.15, 0.2) is 4.99 Å². The molecule has 2 rings (SSSR count). The van der Waals surface area contributed by atoms with Crippen LogP contribution in [0.2, 0.25) is 0 Å². The highest BCUT2D eigenvalue weighted by molar-refractivity contribution is 14.0. The quantitative estimate of drug-likeness (QED) is 0.320. The second kappa shape index (κ2) is 13.4. The van der Waals surface area contributed by atoms with Gasteiger partial charge in [0.05, 0.1) is 13.2 Å². The number of likely N-dealkylation sites (N-methyl/N-ethyl adjacent to an activating group) is 1. The number of carbonyl (C=O) groups excluding carboxylic acids is 1. The van der Waals surface area contributed by atoms with Gasteiger partial charge in [-0.15, -0.1) is 24.0 Å². The van der Waals surface area contributed by atoms with Gasteiger partial charge in [-0.1, -0.05) is 0 Å². The molecule has 164 valence electrons. The molecule has 0 saturated carbocycles. The van der Waals surface area contributed by atoms with Gasteiger partial charge < -0.3 is 25.2 Å². The molecule has 0 spiro atoms. The number of amides is 1. The van der Waals surface area contributed by atoms with Gasteiger partial charge >= 0.3 is 6.09 Å². The van der Waals surface area contributed by atoms with Gasteiger partial charge in [-0.3, -0.25) is 9.89 Å². The molecule has 0 aromatic heterocycles. The molecule has 0 radical (unpaired) electrons. The van der Waals surface area contributed by atoms with Crippen LogP contribution in [0.5, 0.6) is 0 Å². The third-order valence-electron chi connectivity index (χ3n) is 5.38. The molecular weight excluding hydrogens is 471 g/mol. The molecule has 2 aliphatic rings. The standard InChI is InChI=1S/C19H38N6O2.HI/c1-5-20-18(21-15-16(3)24-13-11-23(4)12-14-24)22-17-7-9-25(10-8-17)19(26)27-6-2;/h16-17H,5-15H2,1-4H3,(H2,20,21,22);1H. The van der Waals surface area contributed by atoms with E-state index in [0.717, 1.165) is 71.2 Å². The molecule has 1 atom stereocenters. The molecule has 1 amide bonds. The molecule has 28 heavy (non-hydrogen) atoms. The van der Waals surface area contributed by atoms with Gasteiger partial charge in [0.25, 0.3) is 0 Å². The van der Waals surface area contributed by atoms with Gasteiger partial charge in [0, 0.05) is 57.9 Å². The van der Waals surface area contributed by atoms with E-state index in [1.165, 1.54) is 0 Å². The molecule has 2 saturated heterocycles. The number of halogens is 1. The molecule has 0 bridgehead atoms. The molecular formula is C19H39IN6O2. The Labute approximate surface area is 187 Å². The lowest BCUT2D eigenvalue weighted by Crippen LogP contribution is -2.51. The maximum Gasteiger partial charge on any atom is 0.409 e. The SMILES string of the molecule is CCNC(=NCC(C)N1CCN(C)CC1)NC1CCN(C(=O)OCC)CC1.I. The first-order valence-corrected chi connectivity index (χ1v) is 10.4. The van der Waals surface area contributed by atoms with Crippen molar-refractivity contribution in [1.29, 1.82) is 0 Å². The van der Waals surface area contributed by atoms with Crippen molar-refractivity contribution < 1.29 is 9.53 Å². The lowest BCUT2D eigenvalue weighted by atomic mass is 10.1. The predicted octanol–water partition coefficient (Wildman–Crippen LogP) is 1.42. The minimum Gasteiger partial charge on any atom is -0.450 e. The first kappa shape index (κ1) is 25.2. The van der Waals surface area contributed by atoms with E-state index >= 15 is 0 Å². The van der Waals surface area contributed by atoms with E-state index in [-0.39, 0.29) is 30.1 Å². The van der Waals surface area contributed by atoms with Crippen molar-refractivity contribution in [2.75, 3.05) is 66.0 Å². The van der Waals surface area contributed by atoms with Gasteiger partial charge in [0.2, 0.25) is 0 Å². The zero-order chi connectivity index (χ0) is 19.6. The van der Waals surface area contributed by atoms with Crippen LogP contribution in [0.4, 0.5) is 4.79 Å². The summed E-state index contributed by atoms with van der Waals surface area (Å²) in [5.74, 6) is 0.882. The number of guanidine groups is 1. The smallest absolute Gasteiger partial charge is 0.409 e. The summed E-state index contributed by atoms with van der Waals surface area (Å²) in [4.78, 5) is 23.3. The van der Waals surface area contributed by atoms with Crippen LogP contribution >= 0.6 is 24.0 Å². The average molecular weight is 510 g/mol. The number of aliphatic imine (C=N–C) groups is 1. The molecule has 0 aromatic rings. The Morgan fingerprint density at radius 3 is 2.36 bits per heavy atom. The number of ether oxygens (including phenoxy) is 1. The third-order valence-corrected chi connectivity index (χ3v) is 5.38. The summed E-state index contributed by atoms with van der Waals surface area (Å²) in [6.07, 6.45) is 1.63. The van der Waals surface area contributed by atoms with Gasteiger partial charge in [-0.2, -0.15) is 0 Å². The number of piperazine rings is 1. The summed E-state index contributed by atoms with van der Waals surface area (Å²) in [6.45, 7) is 14.2. The molecule has 8 nitrogen and oxygen atoms in total.